The van der Waals surface area contributed by atoms with Crippen molar-refractivity contribution in [3.8, 4) is 0 Å². The van der Waals surface area contributed by atoms with Crippen LogP contribution in [0.2, 0.25) is 0 Å². The van der Waals surface area contributed by atoms with Gasteiger partial charge in [-0.2, -0.15) is 10.1 Å². The monoisotopic (exact) mass is 275 g/mol. The number of hydrogen-bond donors (Lipinski definition) is 2. The number of hydrogen-bond acceptors (Lipinski definition) is 5. The fraction of sp³-hybridized carbons (Fsp3) is 0.0833. The molecule has 3 rings (SSSR count). The Morgan fingerprint density at radius 3 is 2.89 bits per heavy atom. The summed E-state index contributed by atoms with van der Waals surface area (Å²) in [7, 11) is 1.73. The van der Waals surface area contributed by atoms with Gasteiger partial charge >= 0.3 is 0 Å². The van der Waals surface area contributed by atoms with Crippen molar-refractivity contribution >= 4 is 28.7 Å². The van der Waals surface area contributed by atoms with E-state index in [4.69, 9.17) is 0 Å². The van der Waals surface area contributed by atoms with Gasteiger partial charge in [-0.15, -0.1) is 0 Å². The van der Waals surface area contributed by atoms with Crippen LogP contribution in [0.3, 0.4) is 0 Å². The zero-order chi connectivity index (χ0) is 13.2. The lowest BCUT2D eigenvalue weighted by atomic mass is 10.3. The van der Waals surface area contributed by atoms with E-state index in [1.54, 1.807) is 31.4 Å². The first kappa shape index (κ1) is 11.9. The predicted octanol–water partition coefficient (Wildman–Crippen LogP) is 2.68. The molecule has 0 spiro atoms. The Hall–Kier alpha value is -2.15. The molecule has 0 unspecified atom stereocenters. The molecule has 0 aliphatic carbocycles. The third kappa shape index (κ3) is 2.24. The van der Waals surface area contributed by atoms with Crippen LogP contribution in [0.4, 0.5) is 10.3 Å². The fourth-order valence-corrected chi connectivity index (χ4v) is 2.54. The van der Waals surface area contributed by atoms with Crippen LogP contribution in [0.1, 0.15) is 0 Å². The average Bonchev–Trinajstić information content (AvgIpc) is 2.89. The molecule has 0 amide bonds. The van der Waals surface area contributed by atoms with E-state index in [2.05, 4.69) is 25.5 Å². The van der Waals surface area contributed by atoms with Gasteiger partial charge in [0.15, 0.2) is 5.65 Å². The third-order valence-electron chi connectivity index (χ3n) is 2.54. The van der Waals surface area contributed by atoms with Crippen LogP contribution in [-0.4, -0.2) is 27.2 Å². The summed E-state index contributed by atoms with van der Waals surface area (Å²) in [5.41, 5.74) is 0.623. The fourth-order valence-electron chi connectivity index (χ4n) is 1.63. The highest BCUT2D eigenvalue weighted by Crippen LogP contribution is 2.32. The molecule has 0 saturated heterocycles. The number of anilines is 1. The van der Waals surface area contributed by atoms with Crippen molar-refractivity contribution in [2.24, 2.45) is 0 Å². The second-order valence-electron chi connectivity index (χ2n) is 3.77. The minimum Gasteiger partial charge on any atom is -0.357 e. The van der Waals surface area contributed by atoms with E-state index in [0.717, 1.165) is 5.39 Å². The van der Waals surface area contributed by atoms with E-state index in [0.29, 0.717) is 21.5 Å². The SMILES string of the molecule is CNc1nc(Sc2ccccc2F)c2cn[nH]c2n1. The zero-order valence-electron chi connectivity index (χ0n) is 10.0. The summed E-state index contributed by atoms with van der Waals surface area (Å²) in [6, 6.07) is 6.59. The molecule has 96 valence electrons. The molecule has 0 aliphatic heterocycles. The van der Waals surface area contributed by atoms with E-state index in [1.807, 2.05) is 0 Å². The molecule has 1 aromatic carbocycles. The van der Waals surface area contributed by atoms with Crippen molar-refractivity contribution in [2.75, 3.05) is 12.4 Å². The van der Waals surface area contributed by atoms with Crippen LogP contribution < -0.4 is 5.32 Å². The van der Waals surface area contributed by atoms with E-state index in [-0.39, 0.29) is 5.82 Å². The number of aromatic nitrogens is 4. The van der Waals surface area contributed by atoms with E-state index in [9.17, 15) is 4.39 Å². The summed E-state index contributed by atoms with van der Waals surface area (Å²) >= 11 is 1.25. The summed E-state index contributed by atoms with van der Waals surface area (Å²) in [6.45, 7) is 0. The normalized spacial score (nSPS) is 10.8. The Morgan fingerprint density at radius 2 is 2.11 bits per heavy atom. The van der Waals surface area contributed by atoms with Crippen molar-refractivity contribution < 1.29 is 4.39 Å². The van der Waals surface area contributed by atoms with Gasteiger partial charge in [-0.05, 0) is 12.1 Å². The topological polar surface area (TPSA) is 66.5 Å². The van der Waals surface area contributed by atoms with Crippen LogP contribution in [0.5, 0.6) is 0 Å². The van der Waals surface area contributed by atoms with Crippen molar-refractivity contribution in [1.82, 2.24) is 20.2 Å². The maximum absolute atomic E-state index is 13.7. The highest BCUT2D eigenvalue weighted by atomic mass is 32.2. The molecule has 2 heterocycles. The van der Waals surface area contributed by atoms with Gasteiger partial charge in [0.1, 0.15) is 10.8 Å². The summed E-state index contributed by atoms with van der Waals surface area (Å²) in [6.07, 6.45) is 1.64. The van der Waals surface area contributed by atoms with Gasteiger partial charge in [0.05, 0.1) is 11.6 Å². The number of rotatable bonds is 3. The summed E-state index contributed by atoms with van der Waals surface area (Å²) in [5.74, 6) is 0.198. The van der Waals surface area contributed by atoms with Crippen molar-refractivity contribution in [3.63, 3.8) is 0 Å². The molecule has 0 fully saturated rings. The molecule has 0 radical (unpaired) electrons. The number of aromatic amines is 1. The Labute approximate surface area is 112 Å². The van der Waals surface area contributed by atoms with E-state index in [1.165, 1.54) is 17.8 Å². The maximum atomic E-state index is 13.7. The van der Waals surface area contributed by atoms with Gasteiger partial charge in [-0.25, -0.2) is 9.37 Å². The van der Waals surface area contributed by atoms with Gasteiger partial charge in [0, 0.05) is 11.9 Å². The summed E-state index contributed by atoms with van der Waals surface area (Å²) < 4.78 is 13.7. The van der Waals surface area contributed by atoms with Gasteiger partial charge < -0.3 is 5.32 Å². The van der Waals surface area contributed by atoms with Crippen molar-refractivity contribution in [3.05, 3.63) is 36.3 Å². The Bertz CT molecular complexity index is 727. The van der Waals surface area contributed by atoms with Crippen LogP contribution in [-0.2, 0) is 0 Å². The third-order valence-corrected chi connectivity index (χ3v) is 3.60. The van der Waals surface area contributed by atoms with E-state index < -0.39 is 0 Å². The van der Waals surface area contributed by atoms with Crippen LogP contribution in [0, 0.1) is 5.82 Å². The lowest BCUT2D eigenvalue weighted by Gasteiger charge is -2.05. The Balaban J connectivity index is 2.09. The Morgan fingerprint density at radius 1 is 1.26 bits per heavy atom. The molecule has 0 aliphatic rings. The molecule has 0 atom stereocenters. The van der Waals surface area contributed by atoms with Gasteiger partial charge in [0.2, 0.25) is 5.95 Å². The molecule has 7 heteroatoms. The lowest BCUT2D eigenvalue weighted by molar-refractivity contribution is 0.602. The molecular weight excluding hydrogens is 265 g/mol. The smallest absolute Gasteiger partial charge is 0.225 e. The molecule has 3 aromatic rings. The summed E-state index contributed by atoms with van der Waals surface area (Å²) in [4.78, 5) is 9.09. The predicted molar refractivity (Wildman–Crippen MR) is 71.8 cm³/mol. The lowest BCUT2D eigenvalue weighted by Crippen LogP contribution is -1.98. The second-order valence-corrected chi connectivity index (χ2v) is 4.80. The molecule has 19 heavy (non-hydrogen) atoms. The van der Waals surface area contributed by atoms with Gasteiger partial charge in [-0.3, -0.25) is 5.10 Å². The largest absolute Gasteiger partial charge is 0.357 e. The standard InChI is InChI=1S/C12H10FN5S/c1-14-12-16-10-7(6-15-18-10)11(17-12)19-9-5-3-2-4-8(9)13/h2-6H,1H3,(H2,14,15,16,17,18). The minimum absolute atomic E-state index is 0.270. The van der Waals surface area contributed by atoms with Crippen molar-refractivity contribution in [1.29, 1.82) is 0 Å². The van der Waals surface area contributed by atoms with E-state index >= 15 is 0 Å². The van der Waals surface area contributed by atoms with Crippen LogP contribution in [0.15, 0.2) is 40.4 Å². The number of halogens is 1. The highest BCUT2D eigenvalue weighted by Gasteiger charge is 2.12. The molecule has 2 N–H and O–H groups in total. The number of H-pyrrole nitrogens is 1. The molecule has 2 aromatic heterocycles. The van der Waals surface area contributed by atoms with Gasteiger partial charge in [0.25, 0.3) is 0 Å². The highest BCUT2D eigenvalue weighted by molar-refractivity contribution is 7.99. The van der Waals surface area contributed by atoms with Gasteiger partial charge in [-0.1, -0.05) is 23.9 Å². The minimum atomic E-state index is -0.270. The maximum Gasteiger partial charge on any atom is 0.225 e. The average molecular weight is 275 g/mol. The van der Waals surface area contributed by atoms with Crippen LogP contribution >= 0.6 is 11.8 Å². The molecule has 0 saturated carbocycles. The molecule has 5 nitrogen and oxygen atoms in total. The first-order valence-electron chi connectivity index (χ1n) is 5.59. The summed E-state index contributed by atoms with van der Waals surface area (Å²) in [5, 5.41) is 11.0. The first-order chi connectivity index (χ1) is 9.28. The molecular formula is C12H10FN5S. The van der Waals surface area contributed by atoms with Crippen LogP contribution in [0.25, 0.3) is 11.0 Å². The molecule has 0 bridgehead atoms. The van der Waals surface area contributed by atoms with Crippen molar-refractivity contribution in [2.45, 2.75) is 9.92 Å². The quantitative estimate of drug-likeness (QED) is 0.719. The number of nitrogens with one attached hydrogen (secondary N) is 2. The number of fused-ring (bicyclic) bond motifs is 1. The first-order valence-corrected chi connectivity index (χ1v) is 6.41. The second kappa shape index (κ2) is 4.85. The zero-order valence-corrected chi connectivity index (χ0v) is 10.8. The number of benzene rings is 1. The number of nitrogens with zero attached hydrogens (tertiary/aromatic N) is 3. The Kier molecular flexibility index (Phi) is 3.04.